The summed E-state index contributed by atoms with van der Waals surface area (Å²) in [6.45, 7) is 0. The number of benzene rings is 8. The summed E-state index contributed by atoms with van der Waals surface area (Å²) < 4.78 is 2.67. The topological polar surface area (TPSA) is 3.24 Å². The largest absolute Gasteiger partial charge is 0.310 e. The van der Waals surface area contributed by atoms with E-state index in [-0.39, 0.29) is 0 Å². The Bertz CT molecular complexity index is 2460. The van der Waals surface area contributed by atoms with E-state index >= 15 is 0 Å². The van der Waals surface area contributed by atoms with Gasteiger partial charge in [0.15, 0.2) is 0 Å². The fraction of sp³-hybridized carbons (Fsp3) is 0. The molecule has 8 aromatic carbocycles. The highest BCUT2D eigenvalue weighted by molar-refractivity contribution is 7.25. The van der Waals surface area contributed by atoms with E-state index in [1.165, 1.54) is 64.0 Å². The van der Waals surface area contributed by atoms with E-state index in [1.807, 2.05) is 11.3 Å². The molecule has 0 atom stereocenters. The predicted molar refractivity (Wildman–Crippen MR) is 200 cm³/mol. The summed E-state index contributed by atoms with van der Waals surface area (Å²) in [4.78, 5) is 2.40. The number of anilines is 3. The van der Waals surface area contributed by atoms with Gasteiger partial charge >= 0.3 is 0 Å². The van der Waals surface area contributed by atoms with Crippen molar-refractivity contribution in [3.8, 4) is 22.3 Å². The maximum absolute atomic E-state index is 2.41. The first kappa shape index (κ1) is 26.7. The maximum atomic E-state index is 2.41. The van der Waals surface area contributed by atoms with Gasteiger partial charge in [0.25, 0.3) is 0 Å². The summed E-state index contributed by atoms with van der Waals surface area (Å²) in [5.41, 5.74) is 8.16. The van der Waals surface area contributed by atoms with Crippen LogP contribution in [0.4, 0.5) is 17.1 Å². The van der Waals surface area contributed by atoms with Crippen LogP contribution in [0.1, 0.15) is 0 Å². The Hall–Kier alpha value is -5.70. The van der Waals surface area contributed by atoms with Crippen molar-refractivity contribution in [2.75, 3.05) is 4.90 Å². The first-order chi connectivity index (χ1) is 22.8. The highest BCUT2D eigenvalue weighted by Gasteiger charge is 2.17. The first-order valence-corrected chi connectivity index (χ1v) is 16.5. The van der Waals surface area contributed by atoms with E-state index in [0.29, 0.717) is 0 Å². The number of hydrogen-bond acceptors (Lipinski definition) is 2. The number of rotatable bonds is 5. The molecule has 0 aliphatic rings. The summed E-state index contributed by atoms with van der Waals surface area (Å²) >= 11 is 1.88. The van der Waals surface area contributed by atoms with E-state index in [9.17, 15) is 0 Å². The van der Waals surface area contributed by atoms with Gasteiger partial charge in [-0.25, -0.2) is 0 Å². The quantitative estimate of drug-likeness (QED) is 0.177. The Morgan fingerprint density at radius 2 is 0.891 bits per heavy atom. The highest BCUT2D eigenvalue weighted by atomic mass is 32.1. The number of fused-ring (bicyclic) bond motifs is 6. The minimum atomic E-state index is 1.12. The number of thiophene rings is 1. The Kier molecular flexibility index (Phi) is 6.40. The van der Waals surface area contributed by atoms with Crippen molar-refractivity contribution < 1.29 is 0 Å². The van der Waals surface area contributed by atoms with Crippen LogP contribution in [-0.2, 0) is 0 Å². The lowest BCUT2D eigenvalue weighted by molar-refractivity contribution is 1.29. The summed E-state index contributed by atoms with van der Waals surface area (Å²) in [6, 6.07) is 64.0. The van der Waals surface area contributed by atoms with Crippen molar-refractivity contribution >= 4 is 70.1 Å². The lowest BCUT2D eigenvalue weighted by Gasteiger charge is -2.27. The van der Waals surface area contributed by atoms with Crippen LogP contribution >= 0.6 is 11.3 Å². The van der Waals surface area contributed by atoms with E-state index in [0.717, 1.165) is 17.1 Å². The van der Waals surface area contributed by atoms with Crippen molar-refractivity contribution in [1.82, 2.24) is 0 Å². The smallest absolute Gasteiger partial charge is 0.0473 e. The third kappa shape index (κ3) is 4.63. The van der Waals surface area contributed by atoms with Gasteiger partial charge in [0, 0.05) is 37.2 Å². The molecule has 2 heteroatoms. The Morgan fingerprint density at radius 1 is 0.304 bits per heavy atom. The molecule has 0 fully saturated rings. The van der Waals surface area contributed by atoms with E-state index in [2.05, 4.69) is 181 Å². The standard InChI is InChI=1S/C44H29NS/c1-4-12-30(13-5-1)34-24-35(31-14-6-2-7-15-31)26-38(25-34)45(36-16-8-3-9-17-36)37-23-22-32-20-21-33-27-44-42(29-41(33)40(32)28-37)39-18-10-11-19-43(39)46-44/h1-29H. The zero-order valence-electron chi connectivity index (χ0n) is 25.1. The second kappa shape index (κ2) is 11.0. The second-order valence-corrected chi connectivity index (χ2v) is 12.9. The molecule has 0 saturated carbocycles. The lowest BCUT2D eigenvalue weighted by Crippen LogP contribution is -2.10. The third-order valence-corrected chi connectivity index (χ3v) is 10.1. The van der Waals surface area contributed by atoms with Crippen LogP contribution < -0.4 is 4.90 Å². The molecule has 0 spiro atoms. The maximum Gasteiger partial charge on any atom is 0.0473 e. The SMILES string of the molecule is c1ccc(-c2cc(-c3ccccc3)cc(N(c3ccccc3)c3ccc4ccc5cc6sc7ccccc7c6cc5c4c3)c2)cc1. The number of nitrogens with zero attached hydrogens (tertiary/aromatic N) is 1. The minimum absolute atomic E-state index is 1.12. The molecule has 0 N–H and O–H groups in total. The van der Waals surface area contributed by atoms with Crippen LogP contribution in [0.15, 0.2) is 176 Å². The van der Waals surface area contributed by atoms with Crippen LogP contribution in [0.2, 0.25) is 0 Å². The Morgan fingerprint density at radius 3 is 1.61 bits per heavy atom. The Labute approximate surface area is 272 Å². The van der Waals surface area contributed by atoms with Gasteiger partial charge in [-0.1, -0.05) is 115 Å². The van der Waals surface area contributed by atoms with Gasteiger partial charge in [0.1, 0.15) is 0 Å². The lowest BCUT2D eigenvalue weighted by atomic mass is 9.96. The predicted octanol–water partition coefficient (Wildman–Crippen LogP) is 13.2. The normalized spacial score (nSPS) is 11.5. The van der Waals surface area contributed by atoms with Crippen molar-refractivity contribution in [2.24, 2.45) is 0 Å². The second-order valence-electron chi connectivity index (χ2n) is 11.8. The van der Waals surface area contributed by atoms with Gasteiger partial charge in [0.05, 0.1) is 0 Å². The monoisotopic (exact) mass is 603 g/mol. The molecule has 1 heterocycles. The molecular weight excluding hydrogens is 575 g/mol. The fourth-order valence-electron chi connectivity index (χ4n) is 6.76. The summed E-state index contributed by atoms with van der Waals surface area (Å²) in [6.07, 6.45) is 0. The van der Waals surface area contributed by atoms with Gasteiger partial charge in [0.2, 0.25) is 0 Å². The zero-order valence-corrected chi connectivity index (χ0v) is 25.9. The minimum Gasteiger partial charge on any atom is -0.310 e. The van der Waals surface area contributed by atoms with Crippen molar-refractivity contribution in [3.05, 3.63) is 176 Å². The van der Waals surface area contributed by atoms with E-state index in [1.54, 1.807) is 0 Å². The highest BCUT2D eigenvalue weighted by Crippen LogP contribution is 2.43. The van der Waals surface area contributed by atoms with Crippen LogP contribution in [0.3, 0.4) is 0 Å². The molecular formula is C44H29NS. The zero-order chi connectivity index (χ0) is 30.5. The summed E-state index contributed by atoms with van der Waals surface area (Å²) in [7, 11) is 0. The van der Waals surface area contributed by atoms with Gasteiger partial charge in [-0.3, -0.25) is 0 Å². The molecule has 1 aromatic heterocycles. The molecule has 0 aliphatic carbocycles. The average molecular weight is 604 g/mol. The van der Waals surface area contributed by atoms with Gasteiger partial charge in [-0.15, -0.1) is 11.3 Å². The number of hydrogen-bond donors (Lipinski definition) is 0. The molecule has 46 heavy (non-hydrogen) atoms. The van der Waals surface area contributed by atoms with Crippen molar-refractivity contribution in [1.29, 1.82) is 0 Å². The van der Waals surface area contributed by atoms with Crippen molar-refractivity contribution in [2.45, 2.75) is 0 Å². The van der Waals surface area contributed by atoms with E-state index in [4.69, 9.17) is 0 Å². The van der Waals surface area contributed by atoms with Crippen LogP contribution in [0, 0.1) is 0 Å². The molecule has 9 aromatic rings. The van der Waals surface area contributed by atoms with Crippen LogP contribution in [0.25, 0.3) is 64.0 Å². The molecule has 9 rings (SSSR count). The van der Waals surface area contributed by atoms with E-state index < -0.39 is 0 Å². The first-order valence-electron chi connectivity index (χ1n) is 15.7. The molecule has 0 bridgehead atoms. The number of para-hydroxylation sites is 1. The summed E-state index contributed by atoms with van der Waals surface area (Å²) in [5.74, 6) is 0. The molecule has 1 nitrogen and oxygen atoms in total. The van der Waals surface area contributed by atoms with Gasteiger partial charge in [-0.05, 0) is 104 Å². The Balaban J connectivity index is 1.29. The molecule has 0 radical (unpaired) electrons. The average Bonchev–Trinajstić information content (AvgIpc) is 3.49. The fourth-order valence-corrected chi connectivity index (χ4v) is 7.90. The molecule has 216 valence electrons. The van der Waals surface area contributed by atoms with Gasteiger partial charge in [-0.2, -0.15) is 0 Å². The van der Waals surface area contributed by atoms with Crippen molar-refractivity contribution in [3.63, 3.8) is 0 Å². The van der Waals surface area contributed by atoms with Gasteiger partial charge < -0.3 is 4.90 Å². The summed E-state index contributed by atoms with van der Waals surface area (Å²) in [5, 5.41) is 7.71. The molecule has 0 unspecified atom stereocenters. The molecule has 0 amide bonds. The van der Waals surface area contributed by atoms with Crippen LogP contribution in [0.5, 0.6) is 0 Å². The van der Waals surface area contributed by atoms with Crippen LogP contribution in [-0.4, -0.2) is 0 Å². The molecule has 0 aliphatic heterocycles. The molecule has 0 saturated heterocycles. The third-order valence-electron chi connectivity index (χ3n) is 8.98.